The Bertz CT molecular complexity index is 1130. The Balaban J connectivity index is 1.77. The van der Waals surface area contributed by atoms with Crippen molar-refractivity contribution in [3.63, 3.8) is 0 Å². The molecule has 0 amide bonds. The van der Waals surface area contributed by atoms with Crippen molar-refractivity contribution in [2.24, 2.45) is 5.73 Å². The lowest BCUT2D eigenvalue weighted by Crippen LogP contribution is -2.21. The first kappa shape index (κ1) is 20.4. The Morgan fingerprint density at radius 3 is 2.39 bits per heavy atom. The summed E-state index contributed by atoms with van der Waals surface area (Å²) in [6.07, 6.45) is 0.934. The van der Waals surface area contributed by atoms with E-state index in [-0.39, 0.29) is 5.88 Å². The Morgan fingerprint density at radius 1 is 1.06 bits per heavy atom. The van der Waals surface area contributed by atoms with Gasteiger partial charge in [0.05, 0.1) is 30.4 Å². The number of H-pyrrole nitrogens is 1. The number of allylic oxidation sites excluding steroid dienone is 1. The van der Waals surface area contributed by atoms with Crippen LogP contribution in [0.15, 0.2) is 60.0 Å². The molecule has 0 spiro atoms. The van der Waals surface area contributed by atoms with Gasteiger partial charge in [-0.2, -0.15) is 5.26 Å². The van der Waals surface area contributed by atoms with E-state index < -0.39 is 5.92 Å². The molecule has 0 aliphatic carbocycles. The summed E-state index contributed by atoms with van der Waals surface area (Å²) >= 11 is 0. The number of benzene rings is 2. The number of nitrogens with two attached hydrogens (primary N) is 1. The summed E-state index contributed by atoms with van der Waals surface area (Å²) in [6.45, 7) is 5.26. The normalized spacial score (nSPS) is 15.1. The average molecular weight is 416 g/mol. The van der Waals surface area contributed by atoms with Crippen molar-refractivity contribution in [3.8, 4) is 34.7 Å². The molecule has 31 heavy (non-hydrogen) atoms. The first-order valence-corrected chi connectivity index (χ1v) is 10.3. The van der Waals surface area contributed by atoms with Gasteiger partial charge in [0.25, 0.3) is 0 Å². The molecule has 0 radical (unpaired) electrons. The predicted molar refractivity (Wildman–Crippen MR) is 117 cm³/mol. The van der Waals surface area contributed by atoms with Crippen LogP contribution in [0.1, 0.15) is 37.3 Å². The van der Waals surface area contributed by atoms with Crippen LogP contribution < -0.4 is 19.9 Å². The second-order valence-corrected chi connectivity index (χ2v) is 7.12. The molecule has 1 aliphatic rings. The summed E-state index contributed by atoms with van der Waals surface area (Å²) in [5, 5.41) is 17.2. The van der Waals surface area contributed by atoms with Crippen LogP contribution in [0.5, 0.6) is 17.4 Å². The maximum atomic E-state index is 9.84. The third-order valence-electron chi connectivity index (χ3n) is 5.08. The number of nitrogens with zero attached hydrogens (tertiary/aromatic N) is 2. The molecule has 2 aromatic carbocycles. The lowest BCUT2D eigenvalue weighted by atomic mass is 9.83. The van der Waals surface area contributed by atoms with Gasteiger partial charge in [0.1, 0.15) is 23.1 Å². The van der Waals surface area contributed by atoms with E-state index in [0.717, 1.165) is 40.3 Å². The number of nitriles is 1. The highest BCUT2D eigenvalue weighted by Crippen LogP contribution is 2.45. The molecule has 4 rings (SSSR count). The van der Waals surface area contributed by atoms with E-state index in [1.165, 1.54) is 0 Å². The monoisotopic (exact) mass is 416 g/mol. The number of hydrogen-bond donors (Lipinski definition) is 2. The van der Waals surface area contributed by atoms with Crippen LogP contribution in [0, 0.1) is 11.3 Å². The standard InChI is InChI=1S/C24H24N4O3/c1-3-13-30-18-9-5-15(6-10-18)20-19(14-25)23(26)31-24-21(20)22(27-28-24)16-7-11-17(12-8-16)29-4-2/h5-12,20H,3-4,13,26H2,1-2H3,(H,27,28). The summed E-state index contributed by atoms with van der Waals surface area (Å²) in [7, 11) is 0. The van der Waals surface area contributed by atoms with Crippen molar-refractivity contribution in [2.75, 3.05) is 13.2 Å². The average Bonchev–Trinajstić information content (AvgIpc) is 3.21. The summed E-state index contributed by atoms with van der Waals surface area (Å²) in [6, 6.07) is 17.6. The number of ether oxygens (including phenoxy) is 3. The van der Waals surface area contributed by atoms with Crippen molar-refractivity contribution in [2.45, 2.75) is 26.2 Å². The van der Waals surface area contributed by atoms with E-state index in [9.17, 15) is 5.26 Å². The second-order valence-electron chi connectivity index (χ2n) is 7.12. The summed E-state index contributed by atoms with van der Waals surface area (Å²) in [5.41, 5.74) is 9.78. The Labute approximate surface area is 181 Å². The molecule has 0 saturated heterocycles. The van der Waals surface area contributed by atoms with Crippen LogP contribution in [0.4, 0.5) is 0 Å². The lowest BCUT2D eigenvalue weighted by molar-refractivity contribution is 0.317. The van der Waals surface area contributed by atoms with Gasteiger partial charge in [-0.15, -0.1) is 5.10 Å². The highest BCUT2D eigenvalue weighted by Gasteiger charge is 2.35. The molecule has 0 bridgehead atoms. The molecule has 3 aromatic rings. The minimum Gasteiger partial charge on any atom is -0.494 e. The van der Waals surface area contributed by atoms with Gasteiger partial charge in [0.2, 0.25) is 11.8 Å². The molecule has 0 saturated carbocycles. The van der Waals surface area contributed by atoms with Crippen molar-refractivity contribution in [1.29, 1.82) is 5.26 Å². The summed E-state index contributed by atoms with van der Waals surface area (Å²) in [4.78, 5) is 0. The van der Waals surface area contributed by atoms with Gasteiger partial charge in [-0.25, -0.2) is 0 Å². The van der Waals surface area contributed by atoms with Gasteiger partial charge >= 0.3 is 0 Å². The van der Waals surface area contributed by atoms with Gasteiger partial charge in [-0.05, 0) is 55.3 Å². The van der Waals surface area contributed by atoms with Gasteiger partial charge in [0, 0.05) is 5.56 Å². The molecule has 7 heteroatoms. The molecule has 0 fully saturated rings. The number of hydrogen-bond acceptors (Lipinski definition) is 6. The molecule has 1 aromatic heterocycles. The van der Waals surface area contributed by atoms with Crippen LogP contribution >= 0.6 is 0 Å². The van der Waals surface area contributed by atoms with Crippen LogP contribution in [0.2, 0.25) is 0 Å². The van der Waals surface area contributed by atoms with E-state index in [0.29, 0.717) is 24.7 Å². The van der Waals surface area contributed by atoms with Crippen molar-refractivity contribution >= 4 is 0 Å². The zero-order chi connectivity index (χ0) is 21.8. The maximum Gasteiger partial charge on any atom is 0.244 e. The first-order valence-electron chi connectivity index (χ1n) is 10.3. The zero-order valence-electron chi connectivity index (χ0n) is 17.5. The Morgan fingerprint density at radius 2 is 1.74 bits per heavy atom. The SMILES string of the molecule is CCCOc1ccc(C2C(C#N)=C(N)Oc3n[nH]c(-c4ccc(OCC)cc4)c32)cc1. The fourth-order valence-electron chi connectivity index (χ4n) is 3.66. The first-order chi connectivity index (χ1) is 15.2. The molecule has 1 aliphatic heterocycles. The maximum absolute atomic E-state index is 9.84. The van der Waals surface area contributed by atoms with Crippen LogP contribution in [0.25, 0.3) is 11.3 Å². The molecule has 7 nitrogen and oxygen atoms in total. The number of rotatable bonds is 7. The third-order valence-corrected chi connectivity index (χ3v) is 5.08. The van der Waals surface area contributed by atoms with Gasteiger partial charge in [-0.3, -0.25) is 5.10 Å². The topological polar surface area (TPSA) is 106 Å². The van der Waals surface area contributed by atoms with E-state index in [1.54, 1.807) is 0 Å². The van der Waals surface area contributed by atoms with E-state index in [1.807, 2.05) is 55.5 Å². The molecule has 158 valence electrons. The quantitative estimate of drug-likeness (QED) is 0.588. The zero-order valence-corrected chi connectivity index (χ0v) is 17.5. The molecule has 1 unspecified atom stereocenters. The smallest absolute Gasteiger partial charge is 0.244 e. The number of aromatic amines is 1. The molecular weight excluding hydrogens is 392 g/mol. The molecule has 1 atom stereocenters. The fraction of sp³-hybridized carbons (Fsp3) is 0.250. The van der Waals surface area contributed by atoms with Crippen LogP contribution in [-0.2, 0) is 0 Å². The number of aromatic nitrogens is 2. The highest BCUT2D eigenvalue weighted by molar-refractivity contribution is 5.71. The lowest BCUT2D eigenvalue weighted by Gasteiger charge is -2.24. The molecular formula is C24H24N4O3. The highest BCUT2D eigenvalue weighted by atomic mass is 16.5. The third kappa shape index (κ3) is 3.92. The minimum absolute atomic E-state index is 0.0658. The van der Waals surface area contributed by atoms with Gasteiger partial charge in [-0.1, -0.05) is 19.1 Å². The van der Waals surface area contributed by atoms with E-state index >= 15 is 0 Å². The Hall–Kier alpha value is -3.92. The molecule has 2 heterocycles. The fourth-order valence-corrected chi connectivity index (χ4v) is 3.66. The number of fused-ring (bicyclic) bond motifs is 1. The van der Waals surface area contributed by atoms with Crippen LogP contribution in [-0.4, -0.2) is 23.4 Å². The Kier molecular flexibility index (Phi) is 5.80. The summed E-state index contributed by atoms with van der Waals surface area (Å²) < 4.78 is 16.9. The predicted octanol–water partition coefficient (Wildman–Crippen LogP) is 4.48. The van der Waals surface area contributed by atoms with Gasteiger partial charge < -0.3 is 19.9 Å². The van der Waals surface area contributed by atoms with Crippen molar-refractivity contribution in [1.82, 2.24) is 10.2 Å². The molecule has 3 N–H and O–H groups in total. The van der Waals surface area contributed by atoms with Crippen molar-refractivity contribution in [3.05, 3.63) is 71.1 Å². The van der Waals surface area contributed by atoms with Gasteiger partial charge in [0.15, 0.2) is 0 Å². The van der Waals surface area contributed by atoms with Crippen LogP contribution in [0.3, 0.4) is 0 Å². The summed E-state index contributed by atoms with van der Waals surface area (Å²) in [5.74, 6) is 1.60. The van der Waals surface area contributed by atoms with Crippen molar-refractivity contribution < 1.29 is 14.2 Å². The van der Waals surface area contributed by atoms with E-state index in [4.69, 9.17) is 19.9 Å². The minimum atomic E-state index is -0.408. The van der Waals surface area contributed by atoms with E-state index in [2.05, 4.69) is 23.2 Å². The number of nitrogens with one attached hydrogen (secondary N) is 1. The second kappa shape index (κ2) is 8.84. The largest absolute Gasteiger partial charge is 0.494 e.